The average molecular weight is 339 g/mol. The summed E-state index contributed by atoms with van der Waals surface area (Å²) in [5.41, 5.74) is 1.19. The van der Waals surface area contributed by atoms with Crippen molar-refractivity contribution < 1.29 is 9.59 Å². The molecule has 0 spiro atoms. The predicted octanol–water partition coefficient (Wildman–Crippen LogP) is 1.05. The van der Waals surface area contributed by atoms with Crippen LogP contribution in [0, 0.1) is 0 Å². The van der Waals surface area contributed by atoms with E-state index in [9.17, 15) is 9.59 Å². The Morgan fingerprint density at radius 3 is 2.80 bits per heavy atom. The van der Waals surface area contributed by atoms with Crippen molar-refractivity contribution in [3.05, 3.63) is 47.5 Å². The number of fused-ring (bicyclic) bond motifs is 1. The topological polar surface area (TPSA) is 80.1 Å². The largest absolute Gasteiger partial charge is 0.344 e. The molecule has 1 aromatic carbocycles. The molecule has 2 atom stereocenters. The number of carbonyl (C=O) groups is 2. The van der Waals surface area contributed by atoms with Gasteiger partial charge in [0.25, 0.3) is 0 Å². The summed E-state index contributed by atoms with van der Waals surface area (Å²) in [6.45, 7) is 3.13. The van der Waals surface area contributed by atoms with Crippen molar-refractivity contribution >= 4 is 11.8 Å². The highest BCUT2D eigenvalue weighted by atomic mass is 16.2. The molecule has 1 fully saturated rings. The predicted molar refractivity (Wildman–Crippen MR) is 90.6 cm³/mol. The first-order valence-corrected chi connectivity index (χ1v) is 8.66. The van der Waals surface area contributed by atoms with Gasteiger partial charge in [0.1, 0.15) is 11.9 Å². The van der Waals surface area contributed by atoms with Gasteiger partial charge in [-0.15, -0.1) is 10.2 Å². The summed E-state index contributed by atoms with van der Waals surface area (Å²) < 4.78 is 2.14. The minimum atomic E-state index is -0.391. The maximum Gasteiger partial charge on any atom is 0.245 e. The molecule has 0 aliphatic carbocycles. The zero-order chi connectivity index (χ0) is 17.4. The third-order valence-corrected chi connectivity index (χ3v) is 4.90. The number of aromatic nitrogens is 3. The van der Waals surface area contributed by atoms with Gasteiger partial charge in [0.05, 0.1) is 12.6 Å². The molecule has 2 aliphatic heterocycles. The fraction of sp³-hybridized carbons (Fsp3) is 0.444. The van der Waals surface area contributed by atoms with E-state index in [1.165, 1.54) is 5.56 Å². The van der Waals surface area contributed by atoms with E-state index >= 15 is 0 Å². The highest BCUT2D eigenvalue weighted by Gasteiger charge is 2.35. The van der Waals surface area contributed by atoms with Gasteiger partial charge in [-0.3, -0.25) is 9.59 Å². The van der Waals surface area contributed by atoms with E-state index < -0.39 is 6.04 Å². The van der Waals surface area contributed by atoms with Gasteiger partial charge in [-0.25, -0.2) is 0 Å². The number of rotatable bonds is 3. The minimum Gasteiger partial charge on any atom is -0.344 e. The van der Waals surface area contributed by atoms with Gasteiger partial charge in [0.2, 0.25) is 11.8 Å². The molecule has 7 heteroatoms. The summed E-state index contributed by atoms with van der Waals surface area (Å²) in [6, 6.07) is 9.90. The number of amides is 2. The summed E-state index contributed by atoms with van der Waals surface area (Å²) in [7, 11) is 0. The Kier molecular flexibility index (Phi) is 3.99. The lowest BCUT2D eigenvalue weighted by Gasteiger charge is -2.34. The molecule has 0 saturated carbocycles. The maximum atomic E-state index is 12.7. The second kappa shape index (κ2) is 6.31. The number of carbonyl (C=O) groups excluding carboxylic acids is 2. The molecular weight excluding hydrogens is 318 g/mol. The van der Waals surface area contributed by atoms with Crippen molar-refractivity contribution in [2.24, 2.45) is 0 Å². The average Bonchev–Trinajstić information content (AvgIpc) is 3.22. The fourth-order valence-electron chi connectivity index (χ4n) is 3.70. The molecule has 2 amide bonds. The first-order valence-electron chi connectivity index (χ1n) is 8.66. The van der Waals surface area contributed by atoms with Crippen molar-refractivity contribution in [1.29, 1.82) is 0 Å². The van der Waals surface area contributed by atoms with E-state index in [0.717, 1.165) is 18.1 Å². The first kappa shape index (κ1) is 15.8. The van der Waals surface area contributed by atoms with Crippen LogP contribution in [-0.2, 0) is 22.6 Å². The molecule has 3 heterocycles. The summed E-state index contributed by atoms with van der Waals surface area (Å²) in [4.78, 5) is 25.8. The standard InChI is InChI=1S/C18H21N5O2/c1-12-10-22(18(25)14-7-8-17(24)19-14)11-16-21-20-15(23(12)16)9-13-5-3-2-4-6-13/h2-6,12,14H,7-11H2,1H3,(H,19,24)/t12-,14-/m0/s1. The van der Waals surface area contributed by atoms with Crippen LogP contribution < -0.4 is 5.32 Å². The summed E-state index contributed by atoms with van der Waals surface area (Å²) in [5, 5.41) is 11.4. The molecule has 2 aliphatic rings. The first-order chi connectivity index (χ1) is 12.1. The Balaban J connectivity index is 1.52. The minimum absolute atomic E-state index is 0.0171. The van der Waals surface area contributed by atoms with Crippen molar-refractivity contribution in [2.45, 2.75) is 44.8 Å². The second-order valence-electron chi connectivity index (χ2n) is 6.79. The van der Waals surface area contributed by atoms with E-state index in [-0.39, 0.29) is 17.9 Å². The van der Waals surface area contributed by atoms with E-state index in [1.54, 1.807) is 4.90 Å². The number of hydrogen-bond acceptors (Lipinski definition) is 4. The molecule has 1 N–H and O–H groups in total. The lowest BCUT2D eigenvalue weighted by Crippen LogP contribution is -2.48. The molecule has 0 bridgehead atoms. The van der Waals surface area contributed by atoms with Crippen LogP contribution in [0.1, 0.15) is 43.0 Å². The molecule has 1 aromatic heterocycles. The monoisotopic (exact) mass is 339 g/mol. The van der Waals surface area contributed by atoms with Crippen LogP contribution in [0.4, 0.5) is 0 Å². The zero-order valence-corrected chi connectivity index (χ0v) is 14.2. The smallest absolute Gasteiger partial charge is 0.245 e. The molecule has 4 rings (SSSR count). The van der Waals surface area contributed by atoms with E-state index in [2.05, 4.69) is 39.1 Å². The summed E-state index contributed by atoms with van der Waals surface area (Å²) >= 11 is 0. The van der Waals surface area contributed by atoms with Gasteiger partial charge in [0.15, 0.2) is 5.82 Å². The van der Waals surface area contributed by atoms with Gasteiger partial charge >= 0.3 is 0 Å². The lowest BCUT2D eigenvalue weighted by molar-refractivity contribution is -0.136. The summed E-state index contributed by atoms with van der Waals surface area (Å²) in [5.74, 6) is 1.67. The number of nitrogens with one attached hydrogen (secondary N) is 1. The van der Waals surface area contributed by atoms with E-state index in [0.29, 0.717) is 25.9 Å². The second-order valence-corrected chi connectivity index (χ2v) is 6.79. The van der Waals surface area contributed by atoms with Crippen LogP contribution in [-0.4, -0.2) is 44.1 Å². The van der Waals surface area contributed by atoms with Crippen molar-refractivity contribution in [2.75, 3.05) is 6.54 Å². The fourth-order valence-corrected chi connectivity index (χ4v) is 3.70. The molecule has 0 unspecified atom stereocenters. The Morgan fingerprint density at radius 1 is 1.28 bits per heavy atom. The van der Waals surface area contributed by atoms with Crippen LogP contribution in [0.5, 0.6) is 0 Å². The van der Waals surface area contributed by atoms with Gasteiger partial charge in [-0.2, -0.15) is 0 Å². The zero-order valence-electron chi connectivity index (χ0n) is 14.2. The quantitative estimate of drug-likeness (QED) is 0.906. The van der Waals surface area contributed by atoms with Gasteiger partial charge in [-0.1, -0.05) is 30.3 Å². The van der Waals surface area contributed by atoms with Crippen molar-refractivity contribution in [3.8, 4) is 0 Å². The Bertz CT molecular complexity index is 801. The van der Waals surface area contributed by atoms with Gasteiger partial charge in [-0.05, 0) is 18.9 Å². The normalized spacial score (nSPS) is 22.6. The lowest BCUT2D eigenvalue weighted by atomic mass is 10.1. The number of nitrogens with zero attached hydrogens (tertiary/aromatic N) is 4. The van der Waals surface area contributed by atoms with Crippen molar-refractivity contribution in [3.63, 3.8) is 0 Å². The molecule has 1 saturated heterocycles. The SMILES string of the molecule is C[C@H]1CN(C(=O)[C@@H]2CCC(=O)N2)Cc2nnc(Cc3ccccc3)n21. The molecule has 130 valence electrons. The molecule has 25 heavy (non-hydrogen) atoms. The Morgan fingerprint density at radius 2 is 2.08 bits per heavy atom. The van der Waals surface area contributed by atoms with Crippen LogP contribution in [0.2, 0.25) is 0 Å². The molecule has 2 aromatic rings. The van der Waals surface area contributed by atoms with Crippen LogP contribution >= 0.6 is 0 Å². The van der Waals surface area contributed by atoms with Gasteiger partial charge < -0.3 is 14.8 Å². The van der Waals surface area contributed by atoms with Crippen molar-refractivity contribution in [1.82, 2.24) is 25.0 Å². The highest BCUT2D eigenvalue weighted by molar-refractivity contribution is 5.90. The molecular formula is C18H21N5O2. The van der Waals surface area contributed by atoms with Gasteiger partial charge in [0, 0.05) is 19.4 Å². The van der Waals surface area contributed by atoms with Crippen LogP contribution in [0.15, 0.2) is 30.3 Å². The highest BCUT2D eigenvalue weighted by Crippen LogP contribution is 2.24. The third-order valence-electron chi connectivity index (χ3n) is 4.90. The molecule has 7 nitrogen and oxygen atoms in total. The molecule has 0 radical (unpaired) electrons. The Labute approximate surface area is 146 Å². The number of hydrogen-bond donors (Lipinski definition) is 1. The van der Waals surface area contributed by atoms with Crippen LogP contribution in [0.3, 0.4) is 0 Å². The van der Waals surface area contributed by atoms with Crippen LogP contribution in [0.25, 0.3) is 0 Å². The van der Waals surface area contributed by atoms with E-state index in [4.69, 9.17) is 0 Å². The third kappa shape index (κ3) is 3.01. The summed E-state index contributed by atoms with van der Waals surface area (Å²) in [6.07, 6.45) is 1.73. The van der Waals surface area contributed by atoms with E-state index in [1.807, 2.05) is 18.2 Å². The number of benzene rings is 1. The Hall–Kier alpha value is -2.70. The maximum absolute atomic E-state index is 12.7.